The molecule has 3 N–H and O–H groups in total. The zero-order chi connectivity index (χ0) is 11.1. The minimum absolute atomic E-state index is 0.0619. The van der Waals surface area contributed by atoms with Gasteiger partial charge in [0.2, 0.25) is 0 Å². The van der Waals surface area contributed by atoms with Crippen molar-refractivity contribution in [3.63, 3.8) is 0 Å². The zero-order valence-electron chi connectivity index (χ0n) is 9.13. The molecule has 0 aliphatic heterocycles. The van der Waals surface area contributed by atoms with Crippen molar-refractivity contribution >= 4 is 0 Å². The molecule has 0 saturated heterocycles. The highest BCUT2D eigenvalue weighted by atomic mass is 16.3. The highest BCUT2D eigenvalue weighted by Crippen LogP contribution is 2.01. The van der Waals surface area contributed by atoms with Crippen molar-refractivity contribution in [3.05, 3.63) is 30.1 Å². The second kappa shape index (κ2) is 6.50. The summed E-state index contributed by atoms with van der Waals surface area (Å²) in [4.78, 5) is 6.05. The summed E-state index contributed by atoms with van der Waals surface area (Å²) in [6.07, 6.45) is 4.54. The van der Waals surface area contributed by atoms with Crippen LogP contribution >= 0.6 is 0 Å². The Balaban J connectivity index is 2.36. The summed E-state index contributed by atoms with van der Waals surface area (Å²) in [5.74, 6) is 0. The number of nitrogens with zero attached hydrogens (tertiary/aromatic N) is 2. The van der Waals surface area contributed by atoms with Crippen LogP contribution in [0.2, 0.25) is 0 Å². The molecule has 84 valence electrons. The molecule has 4 nitrogen and oxygen atoms in total. The molecule has 0 aliphatic rings. The second-order valence-corrected chi connectivity index (χ2v) is 3.66. The maximum absolute atomic E-state index is 9.06. The lowest BCUT2D eigenvalue weighted by Crippen LogP contribution is -2.41. The highest BCUT2D eigenvalue weighted by molar-refractivity contribution is 5.09. The molecular weight excluding hydrogens is 190 g/mol. The van der Waals surface area contributed by atoms with Crippen molar-refractivity contribution < 1.29 is 5.11 Å². The standard InChI is InChI=1S/C11H19N3O/c1-14(11(8-12)9-15)7-4-10-2-5-13-6-3-10/h2-3,5-6,11,15H,4,7-9,12H2,1H3. The molecule has 1 aromatic heterocycles. The van der Waals surface area contributed by atoms with Crippen molar-refractivity contribution in [2.24, 2.45) is 5.73 Å². The van der Waals surface area contributed by atoms with Crippen LogP contribution in [0.3, 0.4) is 0 Å². The third-order valence-electron chi connectivity index (χ3n) is 2.61. The summed E-state index contributed by atoms with van der Waals surface area (Å²) in [7, 11) is 1.98. The van der Waals surface area contributed by atoms with Crippen molar-refractivity contribution in [1.82, 2.24) is 9.88 Å². The van der Waals surface area contributed by atoms with E-state index < -0.39 is 0 Å². The van der Waals surface area contributed by atoms with Crippen molar-refractivity contribution in [3.8, 4) is 0 Å². The molecule has 0 spiro atoms. The van der Waals surface area contributed by atoms with Gasteiger partial charge in [0.15, 0.2) is 0 Å². The first-order valence-corrected chi connectivity index (χ1v) is 5.18. The van der Waals surface area contributed by atoms with E-state index in [4.69, 9.17) is 10.8 Å². The summed E-state index contributed by atoms with van der Waals surface area (Å²) in [5, 5.41) is 9.06. The van der Waals surface area contributed by atoms with Gasteiger partial charge in [0.1, 0.15) is 0 Å². The molecule has 0 amide bonds. The maximum Gasteiger partial charge on any atom is 0.0599 e. The first kappa shape index (κ1) is 12.1. The Morgan fingerprint density at radius 1 is 1.47 bits per heavy atom. The Hall–Kier alpha value is -0.970. The van der Waals surface area contributed by atoms with E-state index in [1.54, 1.807) is 12.4 Å². The summed E-state index contributed by atoms with van der Waals surface area (Å²) in [6.45, 7) is 1.50. The Kier molecular flexibility index (Phi) is 5.25. The minimum atomic E-state index is 0.0619. The normalized spacial score (nSPS) is 13.1. The van der Waals surface area contributed by atoms with Crippen LogP contribution in [-0.4, -0.2) is 47.8 Å². The van der Waals surface area contributed by atoms with Gasteiger partial charge >= 0.3 is 0 Å². The largest absolute Gasteiger partial charge is 0.395 e. The molecule has 1 rings (SSSR count). The van der Waals surface area contributed by atoms with Crippen LogP contribution < -0.4 is 5.73 Å². The van der Waals surface area contributed by atoms with Crippen molar-refractivity contribution in [2.45, 2.75) is 12.5 Å². The number of likely N-dealkylation sites (N-methyl/N-ethyl adjacent to an activating group) is 1. The van der Waals surface area contributed by atoms with E-state index in [1.807, 2.05) is 19.2 Å². The Morgan fingerprint density at radius 2 is 2.13 bits per heavy atom. The molecule has 4 heteroatoms. The first-order chi connectivity index (χ1) is 7.27. The van der Waals surface area contributed by atoms with Crippen LogP contribution in [0.4, 0.5) is 0 Å². The average Bonchev–Trinajstić information content (AvgIpc) is 2.29. The summed E-state index contributed by atoms with van der Waals surface area (Å²) >= 11 is 0. The number of rotatable bonds is 6. The van der Waals surface area contributed by atoms with Gasteiger partial charge in [-0.1, -0.05) is 0 Å². The van der Waals surface area contributed by atoms with Crippen LogP contribution in [-0.2, 0) is 6.42 Å². The van der Waals surface area contributed by atoms with E-state index in [-0.39, 0.29) is 12.6 Å². The van der Waals surface area contributed by atoms with Gasteiger partial charge in [-0.25, -0.2) is 0 Å². The quantitative estimate of drug-likeness (QED) is 0.685. The number of aliphatic hydroxyl groups is 1. The van der Waals surface area contributed by atoms with E-state index in [0.29, 0.717) is 6.54 Å². The molecule has 0 saturated carbocycles. The third-order valence-corrected chi connectivity index (χ3v) is 2.61. The number of pyridine rings is 1. The fourth-order valence-electron chi connectivity index (χ4n) is 1.43. The van der Waals surface area contributed by atoms with Gasteiger partial charge in [-0.2, -0.15) is 0 Å². The van der Waals surface area contributed by atoms with E-state index in [2.05, 4.69) is 9.88 Å². The molecule has 1 heterocycles. The van der Waals surface area contributed by atoms with Gasteiger partial charge in [-0.15, -0.1) is 0 Å². The molecule has 15 heavy (non-hydrogen) atoms. The molecule has 1 atom stereocenters. The molecule has 0 radical (unpaired) electrons. The molecule has 0 bridgehead atoms. The molecule has 0 aromatic carbocycles. The Labute approximate surface area is 90.7 Å². The van der Waals surface area contributed by atoms with Gasteiger partial charge in [-0.3, -0.25) is 9.88 Å². The fourth-order valence-corrected chi connectivity index (χ4v) is 1.43. The predicted octanol–water partition coefficient (Wildman–Crippen LogP) is -0.125. The maximum atomic E-state index is 9.06. The van der Waals surface area contributed by atoms with Crippen LogP contribution in [0.15, 0.2) is 24.5 Å². The molecule has 0 fully saturated rings. The molecule has 1 aromatic rings. The number of aromatic nitrogens is 1. The number of aliphatic hydroxyl groups excluding tert-OH is 1. The topological polar surface area (TPSA) is 62.4 Å². The smallest absolute Gasteiger partial charge is 0.0599 e. The second-order valence-electron chi connectivity index (χ2n) is 3.66. The van der Waals surface area contributed by atoms with Gasteiger partial charge in [0, 0.05) is 31.5 Å². The molecular formula is C11H19N3O. The van der Waals surface area contributed by atoms with E-state index in [0.717, 1.165) is 13.0 Å². The van der Waals surface area contributed by atoms with Crippen LogP contribution in [0.5, 0.6) is 0 Å². The van der Waals surface area contributed by atoms with Gasteiger partial charge < -0.3 is 10.8 Å². The number of nitrogens with two attached hydrogens (primary N) is 1. The van der Waals surface area contributed by atoms with Gasteiger partial charge in [0.25, 0.3) is 0 Å². The van der Waals surface area contributed by atoms with E-state index in [1.165, 1.54) is 5.56 Å². The van der Waals surface area contributed by atoms with E-state index in [9.17, 15) is 0 Å². The lowest BCUT2D eigenvalue weighted by molar-refractivity contribution is 0.153. The van der Waals surface area contributed by atoms with Crippen molar-refractivity contribution in [2.75, 3.05) is 26.7 Å². The monoisotopic (exact) mass is 209 g/mol. The average molecular weight is 209 g/mol. The number of hydrogen-bond donors (Lipinski definition) is 2. The highest BCUT2D eigenvalue weighted by Gasteiger charge is 2.10. The van der Waals surface area contributed by atoms with E-state index >= 15 is 0 Å². The summed E-state index contributed by atoms with van der Waals surface area (Å²) < 4.78 is 0. The van der Waals surface area contributed by atoms with Crippen LogP contribution in [0, 0.1) is 0 Å². The molecule has 0 aliphatic carbocycles. The predicted molar refractivity (Wildman–Crippen MR) is 60.5 cm³/mol. The number of hydrogen-bond acceptors (Lipinski definition) is 4. The Bertz CT molecular complexity index is 262. The minimum Gasteiger partial charge on any atom is -0.395 e. The summed E-state index contributed by atoms with van der Waals surface area (Å²) in [5.41, 5.74) is 6.80. The van der Waals surface area contributed by atoms with Crippen molar-refractivity contribution in [1.29, 1.82) is 0 Å². The Morgan fingerprint density at radius 3 is 2.67 bits per heavy atom. The van der Waals surface area contributed by atoms with Gasteiger partial charge in [-0.05, 0) is 31.2 Å². The fraction of sp³-hybridized carbons (Fsp3) is 0.545. The third kappa shape index (κ3) is 3.95. The molecule has 1 unspecified atom stereocenters. The van der Waals surface area contributed by atoms with Gasteiger partial charge in [0.05, 0.1) is 6.61 Å². The first-order valence-electron chi connectivity index (χ1n) is 5.18. The van der Waals surface area contributed by atoms with Crippen LogP contribution in [0.25, 0.3) is 0 Å². The lowest BCUT2D eigenvalue weighted by atomic mass is 10.2. The lowest BCUT2D eigenvalue weighted by Gasteiger charge is -2.24. The van der Waals surface area contributed by atoms with Crippen LogP contribution in [0.1, 0.15) is 5.56 Å². The SMILES string of the molecule is CN(CCc1ccncc1)C(CN)CO. The summed E-state index contributed by atoms with van der Waals surface area (Å²) in [6, 6.07) is 4.07. The zero-order valence-corrected chi connectivity index (χ0v) is 9.13.